The molecular weight excluding hydrogens is 412 g/mol. The van der Waals surface area contributed by atoms with Crippen molar-refractivity contribution in [2.45, 2.75) is 4.90 Å². The second kappa shape index (κ2) is 8.59. The van der Waals surface area contributed by atoms with E-state index in [1.165, 1.54) is 42.5 Å². The van der Waals surface area contributed by atoms with Gasteiger partial charge in [-0.15, -0.1) is 0 Å². The van der Waals surface area contributed by atoms with Crippen molar-refractivity contribution in [2.24, 2.45) is 10.2 Å². The van der Waals surface area contributed by atoms with Crippen LogP contribution in [0.2, 0.25) is 0 Å². The lowest BCUT2D eigenvalue weighted by Crippen LogP contribution is -2.09. The average Bonchev–Trinajstić information content (AvgIpc) is 2.72. The second-order valence-corrected chi connectivity index (χ2v) is 7.42. The Hall–Kier alpha value is -3.96. The molecule has 0 aliphatic heterocycles. The number of anilines is 2. The first-order valence-electron chi connectivity index (χ1n) is 8.40. The fourth-order valence-corrected chi connectivity index (χ4v) is 2.82. The van der Waals surface area contributed by atoms with Crippen LogP contribution in [-0.4, -0.2) is 29.2 Å². The van der Waals surface area contributed by atoms with Crippen LogP contribution in [0.3, 0.4) is 0 Å². The summed E-state index contributed by atoms with van der Waals surface area (Å²) in [6.45, 7) is 0. The second-order valence-electron chi connectivity index (χ2n) is 6.00. The number of aromatic carboxylic acids is 1. The van der Waals surface area contributed by atoms with Crippen LogP contribution in [0.25, 0.3) is 0 Å². The molecule has 0 heterocycles. The van der Waals surface area contributed by atoms with E-state index in [2.05, 4.69) is 21.1 Å². The van der Waals surface area contributed by atoms with Crippen LogP contribution in [0.1, 0.15) is 10.4 Å². The summed E-state index contributed by atoms with van der Waals surface area (Å²) >= 11 is 0. The molecule has 0 atom stereocenters. The van der Waals surface area contributed by atoms with E-state index < -0.39 is 16.1 Å². The van der Waals surface area contributed by atoms with Gasteiger partial charge in [0.15, 0.2) is 0 Å². The largest absolute Gasteiger partial charge is 0.507 e. The molecule has 0 amide bonds. The van der Waals surface area contributed by atoms with Gasteiger partial charge in [-0.25, -0.2) is 4.79 Å². The lowest BCUT2D eigenvalue weighted by atomic mass is 10.2. The highest BCUT2D eigenvalue weighted by Gasteiger charge is 2.10. The van der Waals surface area contributed by atoms with Crippen LogP contribution in [-0.2, 0) is 10.1 Å². The summed E-state index contributed by atoms with van der Waals surface area (Å²) in [7, 11) is -4.25. The Balaban J connectivity index is 1.62. The van der Waals surface area contributed by atoms with E-state index in [4.69, 9.17) is 9.66 Å². The molecule has 0 saturated heterocycles. The van der Waals surface area contributed by atoms with Crippen LogP contribution < -0.4 is 10.9 Å². The molecule has 0 bridgehead atoms. The molecule has 11 heteroatoms. The van der Waals surface area contributed by atoms with Gasteiger partial charge >= 0.3 is 5.97 Å². The summed E-state index contributed by atoms with van der Waals surface area (Å²) in [6.07, 6.45) is 0. The number of carbonyl (C=O) groups is 1. The van der Waals surface area contributed by atoms with Crippen LogP contribution in [0.5, 0.6) is 5.75 Å². The zero-order valence-electron chi connectivity index (χ0n) is 15.2. The van der Waals surface area contributed by atoms with Gasteiger partial charge in [0, 0.05) is 0 Å². The minimum Gasteiger partial charge on any atom is -0.507 e. The fraction of sp³-hybridized carbons (Fsp3) is 0. The van der Waals surface area contributed by atoms with Gasteiger partial charge in [0.2, 0.25) is 0 Å². The monoisotopic (exact) mass is 428 g/mol. The van der Waals surface area contributed by atoms with Crippen molar-refractivity contribution in [1.82, 2.24) is 0 Å². The van der Waals surface area contributed by atoms with E-state index in [0.29, 0.717) is 22.7 Å². The van der Waals surface area contributed by atoms with E-state index in [0.717, 1.165) is 0 Å². The average molecular weight is 428 g/mol. The van der Waals surface area contributed by atoms with Crippen molar-refractivity contribution in [1.29, 1.82) is 0 Å². The minimum atomic E-state index is -4.25. The molecule has 0 aliphatic carbocycles. The van der Waals surface area contributed by atoms with Gasteiger partial charge in [-0.3, -0.25) is 4.55 Å². The third-order valence-corrected chi connectivity index (χ3v) is 4.73. The standard InChI is InChI=1S/C19H16N4O6S/c24-18-10-7-15(11-17(18)19(25)26)23-22-13-3-1-12(2-4-13)20-21-14-5-8-16(9-6-14)30(27,28)29/h1-11,22-24H,(H,25,26)(H,27,28,29). The fourth-order valence-electron chi connectivity index (χ4n) is 2.34. The van der Waals surface area contributed by atoms with Crippen molar-refractivity contribution >= 4 is 38.8 Å². The Morgan fingerprint density at radius 3 is 1.83 bits per heavy atom. The molecule has 0 spiro atoms. The molecule has 0 aliphatic rings. The molecule has 0 aromatic heterocycles. The van der Waals surface area contributed by atoms with Gasteiger partial charge in [-0.2, -0.15) is 18.6 Å². The molecule has 3 rings (SSSR count). The summed E-state index contributed by atoms with van der Waals surface area (Å²) in [5.74, 6) is -1.56. The molecule has 0 saturated carbocycles. The van der Waals surface area contributed by atoms with Crippen molar-refractivity contribution in [3.05, 3.63) is 72.3 Å². The minimum absolute atomic E-state index is 0.220. The van der Waals surface area contributed by atoms with E-state index in [1.807, 2.05) is 0 Å². The van der Waals surface area contributed by atoms with Gasteiger partial charge in [-0.05, 0) is 66.7 Å². The number of hydrogen-bond donors (Lipinski definition) is 5. The van der Waals surface area contributed by atoms with Crippen molar-refractivity contribution in [3.63, 3.8) is 0 Å². The normalized spacial score (nSPS) is 11.4. The number of carboxylic acid groups (broad SMARTS) is 1. The number of phenols is 1. The highest BCUT2D eigenvalue weighted by Crippen LogP contribution is 2.23. The molecule has 0 radical (unpaired) electrons. The van der Waals surface area contributed by atoms with Crippen molar-refractivity contribution in [3.8, 4) is 5.75 Å². The van der Waals surface area contributed by atoms with Gasteiger partial charge in [0.05, 0.1) is 27.6 Å². The number of benzene rings is 3. The van der Waals surface area contributed by atoms with Crippen LogP contribution in [0.15, 0.2) is 81.9 Å². The first kappa shape index (κ1) is 20.8. The quantitative estimate of drug-likeness (QED) is 0.162. The number of hydrazine groups is 1. The highest BCUT2D eigenvalue weighted by atomic mass is 32.2. The lowest BCUT2D eigenvalue weighted by molar-refractivity contribution is 0.0693. The molecular formula is C19H16N4O6S. The summed E-state index contributed by atoms with van der Waals surface area (Å²) in [5, 5.41) is 26.6. The summed E-state index contributed by atoms with van der Waals surface area (Å²) in [4.78, 5) is 10.8. The zero-order chi connectivity index (χ0) is 21.7. The Kier molecular flexibility index (Phi) is 5.95. The predicted octanol–water partition coefficient (Wildman–Crippen LogP) is 4.19. The summed E-state index contributed by atoms with van der Waals surface area (Å²) in [6, 6.07) is 16.1. The number of aromatic hydroxyl groups is 1. The number of hydrogen-bond acceptors (Lipinski definition) is 8. The Labute approximate surface area is 171 Å². The predicted molar refractivity (Wildman–Crippen MR) is 109 cm³/mol. The molecule has 5 N–H and O–H groups in total. The smallest absolute Gasteiger partial charge is 0.339 e. The van der Waals surface area contributed by atoms with Gasteiger partial charge in [-0.1, -0.05) is 0 Å². The SMILES string of the molecule is O=C(O)c1cc(NNc2ccc(N=Nc3ccc(S(=O)(=O)O)cc3)cc2)ccc1O. The first-order valence-corrected chi connectivity index (χ1v) is 9.84. The van der Waals surface area contributed by atoms with E-state index in [9.17, 15) is 18.3 Å². The van der Waals surface area contributed by atoms with Crippen molar-refractivity contribution < 1.29 is 28.0 Å². The molecule has 3 aromatic rings. The van der Waals surface area contributed by atoms with Gasteiger partial charge in [0.1, 0.15) is 11.3 Å². The van der Waals surface area contributed by atoms with Gasteiger partial charge < -0.3 is 21.1 Å². The van der Waals surface area contributed by atoms with Crippen LogP contribution in [0.4, 0.5) is 22.7 Å². The van der Waals surface area contributed by atoms with E-state index >= 15 is 0 Å². The number of azo groups is 1. The molecule has 154 valence electrons. The number of nitrogens with zero attached hydrogens (tertiary/aromatic N) is 2. The molecule has 3 aromatic carbocycles. The van der Waals surface area contributed by atoms with Crippen LogP contribution >= 0.6 is 0 Å². The molecule has 0 fully saturated rings. The maximum atomic E-state index is 11.0. The summed E-state index contributed by atoms with van der Waals surface area (Å²) < 4.78 is 31.0. The van der Waals surface area contributed by atoms with E-state index in [1.54, 1.807) is 24.3 Å². The number of rotatable bonds is 7. The molecule has 30 heavy (non-hydrogen) atoms. The number of nitrogens with one attached hydrogen (secondary N) is 2. The Morgan fingerprint density at radius 1 is 0.800 bits per heavy atom. The maximum Gasteiger partial charge on any atom is 0.339 e. The maximum absolute atomic E-state index is 11.0. The lowest BCUT2D eigenvalue weighted by Gasteiger charge is -2.11. The third kappa shape index (κ3) is 5.31. The van der Waals surface area contributed by atoms with E-state index in [-0.39, 0.29) is 16.2 Å². The molecule has 10 nitrogen and oxygen atoms in total. The molecule has 0 unspecified atom stereocenters. The van der Waals surface area contributed by atoms with Crippen molar-refractivity contribution in [2.75, 3.05) is 10.9 Å². The van der Waals surface area contributed by atoms with Gasteiger partial charge in [0.25, 0.3) is 10.1 Å². The number of carboxylic acids is 1. The topological polar surface area (TPSA) is 161 Å². The Morgan fingerprint density at radius 2 is 1.30 bits per heavy atom. The van der Waals surface area contributed by atoms with Crippen LogP contribution in [0, 0.1) is 0 Å². The highest BCUT2D eigenvalue weighted by molar-refractivity contribution is 7.85. The summed E-state index contributed by atoms with van der Waals surface area (Å²) in [5.41, 5.74) is 7.56. The Bertz CT molecular complexity index is 1190. The third-order valence-electron chi connectivity index (χ3n) is 3.86. The zero-order valence-corrected chi connectivity index (χ0v) is 16.0. The first-order chi connectivity index (χ1) is 14.2.